The van der Waals surface area contributed by atoms with E-state index in [1.54, 1.807) is 19.1 Å². The number of rotatable bonds is 23. The Labute approximate surface area is 244 Å². The minimum Gasteiger partial charge on any atom is -0.465 e. The Balaban J connectivity index is 2.35. The second-order valence-corrected chi connectivity index (χ2v) is 13.3. The van der Waals surface area contributed by atoms with E-state index in [2.05, 4.69) is 12.2 Å². The predicted molar refractivity (Wildman–Crippen MR) is 163 cm³/mol. The van der Waals surface area contributed by atoms with Crippen LogP contribution in [0.1, 0.15) is 130 Å². The quantitative estimate of drug-likeness (QED) is 0.108. The van der Waals surface area contributed by atoms with Crippen LogP contribution in [-0.2, 0) is 30.9 Å². The van der Waals surface area contributed by atoms with Gasteiger partial charge in [0, 0.05) is 20.0 Å². The monoisotopic (exact) mass is 580 g/mol. The second kappa shape index (κ2) is 20.9. The van der Waals surface area contributed by atoms with Crippen molar-refractivity contribution in [1.29, 1.82) is 0 Å². The fraction of sp³-hybridized carbons (Fsp3) is 0.750. The van der Waals surface area contributed by atoms with Crippen LogP contribution in [-0.4, -0.2) is 44.3 Å². The molecule has 1 aromatic carbocycles. The van der Waals surface area contributed by atoms with Crippen LogP contribution in [0.2, 0.25) is 0 Å². The van der Waals surface area contributed by atoms with E-state index in [4.69, 9.17) is 4.74 Å². The van der Waals surface area contributed by atoms with Crippen molar-refractivity contribution in [2.75, 3.05) is 13.7 Å². The maximum atomic E-state index is 13.2. The van der Waals surface area contributed by atoms with Gasteiger partial charge in [0.2, 0.25) is 15.9 Å². The number of nitrogens with zero attached hydrogens (tertiary/aromatic N) is 1. The molecule has 0 saturated carbocycles. The molecule has 1 atom stereocenters. The number of nitrogens with one attached hydrogen (secondary N) is 1. The number of ether oxygens (including phenoxy) is 1. The minimum absolute atomic E-state index is 0.0190. The highest BCUT2D eigenvalue weighted by molar-refractivity contribution is 7.89. The topological polar surface area (TPSA) is 92.8 Å². The normalized spacial score (nSPS) is 12.6. The standard InChI is InChI=1S/C32H56N2O5S/c1-6-8-9-10-11-12-13-14-15-16-17-18-19-20-31(35)33-26-28-21-23-29(24-22-28)40(37,38)34(5)30(25-27(3)4)32(36)39-7-2/h21-24,27,30H,6-20,25-26H2,1-5H3,(H,33,35)/t30-/m0/s1. The molecule has 0 heterocycles. The third kappa shape index (κ3) is 14.6. The molecule has 40 heavy (non-hydrogen) atoms. The van der Waals surface area contributed by atoms with E-state index < -0.39 is 22.0 Å². The van der Waals surface area contributed by atoms with Crippen LogP contribution in [0.5, 0.6) is 0 Å². The van der Waals surface area contributed by atoms with E-state index >= 15 is 0 Å². The Bertz CT molecular complexity index is 931. The van der Waals surface area contributed by atoms with E-state index in [9.17, 15) is 18.0 Å². The number of unbranched alkanes of at least 4 members (excludes halogenated alkanes) is 12. The molecule has 0 aromatic heterocycles. The van der Waals surface area contributed by atoms with Gasteiger partial charge in [-0.2, -0.15) is 4.31 Å². The molecule has 1 N–H and O–H groups in total. The second-order valence-electron chi connectivity index (χ2n) is 11.3. The van der Waals surface area contributed by atoms with Crippen LogP contribution in [0.25, 0.3) is 0 Å². The lowest BCUT2D eigenvalue weighted by molar-refractivity contribution is -0.148. The smallest absolute Gasteiger partial charge is 0.324 e. The van der Waals surface area contributed by atoms with Gasteiger partial charge in [0.1, 0.15) is 6.04 Å². The fourth-order valence-electron chi connectivity index (χ4n) is 4.78. The van der Waals surface area contributed by atoms with Crippen molar-refractivity contribution in [3.63, 3.8) is 0 Å². The van der Waals surface area contributed by atoms with Crippen molar-refractivity contribution in [1.82, 2.24) is 9.62 Å². The lowest BCUT2D eigenvalue weighted by Crippen LogP contribution is -2.44. The minimum atomic E-state index is -3.88. The van der Waals surface area contributed by atoms with Crippen molar-refractivity contribution in [3.05, 3.63) is 29.8 Å². The van der Waals surface area contributed by atoms with Crippen LogP contribution in [0.15, 0.2) is 29.2 Å². The molecular formula is C32H56N2O5S. The highest BCUT2D eigenvalue weighted by atomic mass is 32.2. The van der Waals surface area contributed by atoms with Crippen molar-refractivity contribution < 1.29 is 22.7 Å². The van der Waals surface area contributed by atoms with Crippen LogP contribution < -0.4 is 5.32 Å². The molecule has 230 valence electrons. The number of esters is 1. The zero-order valence-corrected chi connectivity index (χ0v) is 26.7. The summed E-state index contributed by atoms with van der Waals surface area (Å²) in [6, 6.07) is 5.57. The summed E-state index contributed by atoms with van der Waals surface area (Å²) in [5.74, 6) is -0.395. The Morgan fingerprint density at radius 3 is 1.80 bits per heavy atom. The van der Waals surface area contributed by atoms with Gasteiger partial charge in [-0.3, -0.25) is 9.59 Å². The number of carbonyl (C=O) groups is 2. The molecule has 0 spiro atoms. The van der Waals surface area contributed by atoms with E-state index in [1.807, 2.05) is 13.8 Å². The van der Waals surface area contributed by atoms with Gasteiger partial charge in [0.25, 0.3) is 0 Å². The number of sulfonamides is 1. The third-order valence-corrected chi connectivity index (χ3v) is 9.17. The van der Waals surface area contributed by atoms with Gasteiger partial charge in [-0.05, 0) is 43.4 Å². The molecule has 1 aromatic rings. The van der Waals surface area contributed by atoms with E-state index in [0.717, 1.165) is 22.7 Å². The molecule has 0 radical (unpaired) electrons. The number of hydrogen-bond acceptors (Lipinski definition) is 5. The molecule has 0 aliphatic carbocycles. The number of hydrogen-bond donors (Lipinski definition) is 1. The molecule has 8 heteroatoms. The predicted octanol–water partition coefficient (Wildman–Crippen LogP) is 7.38. The lowest BCUT2D eigenvalue weighted by Gasteiger charge is -2.27. The van der Waals surface area contributed by atoms with Crippen molar-refractivity contribution >= 4 is 21.9 Å². The maximum Gasteiger partial charge on any atom is 0.324 e. The third-order valence-electron chi connectivity index (χ3n) is 7.29. The van der Waals surface area contributed by atoms with Crippen molar-refractivity contribution in [2.24, 2.45) is 5.92 Å². The first-order chi connectivity index (χ1) is 19.1. The molecular weight excluding hydrogens is 524 g/mol. The lowest BCUT2D eigenvalue weighted by atomic mass is 10.0. The largest absolute Gasteiger partial charge is 0.465 e. The van der Waals surface area contributed by atoms with Crippen LogP contribution in [0, 0.1) is 5.92 Å². The first-order valence-corrected chi connectivity index (χ1v) is 17.1. The fourth-order valence-corrected chi connectivity index (χ4v) is 6.10. The molecule has 0 fully saturated rings. The van der Waals surface area contributed by atoms with Crippen LogP contribution in [0.3, 0.4) is 0 Å². The zero-order chi connectivity index (χ0) is 29.8. The van der Waals surface area contributed by atoms with Gasteiger partial charge in [0.15, 0.2) is 0 Å². The Morgan fingerprint density at radius 2 is 1.32 bits per heavy atom. The number of likely N-dealkylation sites (N-methyl/N-ethyl adjacent to an activating group) is 1. The van der Waals surface area contributed by atoms with Gasteiger partial charge in [-0.15, -0.1) is 0 Å². The zero-order valence-electron chi connectivity index (χ0n) is 25.9. The number of benzene rings is 1. The summed E-state index contributed by atoms with van der Waals surface area (Å²) in [5, 5.41) is 2.93. The molecule has 1 rings (SSSR count). The summed E-state index contributed by atoms with van der Waals surface area (Å²) in [6.45, 7) is 8.39. The van der Waals surface area contributed by atoms with Crippen molar-refractivity contribution in [2.45, 2.75) is 141 Å². The van der Waals surface area contributed by atoms with E-state index in [0.29, 0.717) is 19.4 Å². The first kappa shape index (κ1) is 36.1. The molecule has 0 aliphatic heterocycles. The van der Waals surface area contributed by atoms with Gasteiger partial charge in [-0.1, -0.05) is 110 Å². The molecule has 0 aliphatic rings. The van der Waals surface area contributed by atoms with Gasteiger partial charge in [0.05, 0.1) is 11.5 Å². The summed E-state index contributed by atoms with van der Waals surface area (Å²) < 4.78 is 32.6. The molecule has 7 nitrogen and oxygen atoms in total. The molecule has 0 saturated heterocycles. The maximum absolute atomic E-state index is 13.2. The van der Waals surface area contributed by atoms with E-state index in [1.165, 1.54) is 89.8 Å². The molecule has 1 amide bonds. The Morgan fingerprint density at radius 1 is 0.825 bits per heavy atom. The summed E-state index contributed by atoms with van der Waals surface area (Å²) in [4.78, 5) is 24.8. The highest BCUT2D eigenvalue weighted by Crippen LogP contribution is 2.22. The van der Waals surface area contributed by atoms with Crippen LogP contribution >= 0.6 is 0 Å². The van der Waals surface area contributed by atoms with E-state index in [-0.39, 0.29) is 23.3 Å². The Hall–Kier alpha value is -1.93. The summed E-state index contributed by atoms with van der Waals surface area (Å²) in [5.41, 5.74) is 0.824. The number of carbonyl (C=O) groups excluding carboxylic acids is 2. The molecule has 0 bridgehead atoms. The summed E-state index contributed by atoms with van der Waals surface area (Å²) >= 11 is 0. The average molecular weight is 581 g/mol. The first-order valence-electron chi connectivity index (χ1n) is 15.6. The summed E-state index contributed by atoms with van der Waals surface area (Å²) in [6.07, 6.45) is 17.5. The SMILES string of the molecule is CCCCCCCCCCCCCCCC(=O)NCc1ccc(S(=O)(=O)N(C)[C@@H](CC(C)C)C(=O)OCC)cc1. The number of amides is 1. The average Bonchev–Trinajstić information content (AvgIpc) is 2.93. The molecule has 0 unspecified atom stereocenters. The Kier molecular flexibility index (Phi) is 18.8. The van der Waals surface area contributed by atoms with Gasteiger partial charge < -0.3 is 10.1 Å². The van der Waals surface area contributed by atoms with Gasteiger partial charge >= 0.3 is 5.97 Å². The van der Waals surface area contributed by atoms with Gasteiger partial charge in [-0.25, -0.2) is 8.42 Å². The summed E-state index contributed by atoms with van der Waals surface area (Å²) in [7, 11) is -2.46. The van der Waals surface area contributed by atoms with Crippen LogP contribution in [0.4, 0.5) is 0 Å². The van der Waals surface area contributed by atoms with Crippen molar-refractivity contribution in [3.8, 4) is 0 Å². The highest BCUT2D eigenvalue weighted by Gasteiger charge is 2.34.